The Morgan fingerprint density at radius 1 is 0.417 bits per heavy atom. The summed E-state index contributed by atoms with van der Waals surface area (Å²) in [6.07, 6.45) is -1.74. The van der Waals surface area contributed by atoms with Gasteiger partial charge in [-0.05, 0) is 106 Å². The molecule has 9 amide bonds. The van der Waals surface area contributed by atoms with E-state index in [2.05, 4.69) is 62.5 Å². The van der Waals surface area contributed by atoms with E-state index in [4.69, 9.17) is 66.4 Å². The minimum Gasteiger partial charge on any atom is -0.380 e. The number of aliphatic hydroxyl groups is 1. The molecule has 84 heavy (non-hydrogen) atoms. The van der Waals surface area contributed by atoms with Crippen molar-refractivity contribution in [2.24, 2.45) is 83.2 Å². The molecule has 0 aliphatic heterocycles. The van der Waals surface area contributed by atoms with Gasteiger partial charge >= 0.3 is 7.60 Å². The number of aliphatic imine (C=N–C) groups is 4. The molecule has 0 aromatic carbocycles. The number of nitrogens with two attached hydrogens (primary N) is 10. The van der Waals surface area contributed by atoms with E-state index in [9.17, 15) is 52.8 Å². The topological polar surface area (TPSA) is 615 Å². The lowest BCUT2D eigenvalue weighted by molar-refractivity contribution is -0.136. The molecule has 0 saturated heterocycles. The number of nitrogens with one attached hydrogen (secondary N) is 8. The summed E-state index contributed by atoms with van der Waals surface area (Å²) in [6, 6.07) is -12.4. The number of primary amides is 1. The van der Waals surface area contributed by atoms with Crippen LogP contribution in [0.3, 0.4) is 0 Å². The van der Waals surface area contributed by atoms with Crippen molar-refractivity contribution >= 4 is 84.6 Å². The predicted octanol–water partition coefficient (Wildman–Crippen LogP) is -6.64. The molecule has 10 atom stereocenters. The molecular formula is C48H95N22O13P. The quantitative estimate of drug-likeness (QED) is 0.0117. The summed E-state index contributed by atoms with van der Waals surface area (Å²) in [7, 11) is -4.44. The van der Waals surface area contributed by atoms with Crippen molar-refractivity contribution in [2.45, 2.75) is 193 Å². The molecule has 29 N–H and O–H groups in total. The standard InChI is InChI=1S/C48H95N22O13P/c1-23(2)35(44(80)63-26(7)36(50)72)70-43(79)33(22-34(71)84(81,82-24(3)4)83-25(5)6)69-38(74)28(9)64-37(73)27(8)65-40(76)30(15-11-19-60-46(53)54)67-42(78)32(17-13-21-62-48(57)58)68-41(77)31(16-12-20-61-47(55)56)66-39(75)29(49)14-10-18-59-45(51)52/h23-35,71H,10-22,49H2,1-9H3,(H2,50,72)(H,63,80)(H,64,73)(H,65,76)(H,66,75)(H,67,78)(H,68,77)(H,69,74)(H,70,79)(H4,51,52,59)(H4,53,54,60)(H4,55,56,61)(H4,57,58,62)/t26-,27-,28-,29-,30-,31-,32-,33-,34?,35-/m0/s1. The molecule has 0 rings (SSSR count). The van der Waals surface area contributed by atoms with E-state index in [-0.39, 0.29) is 95.0 Å². The van der Waals surface area contributed by atoms with Gasteiger partial charge in [0.25, 0.3) is 0 Å². The molecular weight excluding hydrogens is 1120 g/mol. The highest BCUT2D eigenvalue weighted by molar-refractivity contribution is 7.54. The number of hydrogen-bond donors (Lipinski definition) is 19. The number of nitrogens with zero attached hydrogens (tertiary/aromatic N) is 4. The minimum atomic E-state index is -4.44. The fourth-order valence-corrected chi connectivity index (χ4v) is 9.33. The molecule has 480 valence electrons. The van der Waals surface area contributed by atoms with Gasteiger partial charge in [0.1, 0.15) is 48.3 Å². The van der Waals surface area contributed by atoms with Crippen LogP contribution in [0.25, 0.3) is 0 Å². The van der Waals surface area contributed by atoms with Crippen molar-refractivity contribution < 1.29 is 61.9 Å². The van der Waals surface area contributed by atoms with Crippen LogP contribution >= 0.6 is 7.60 Å². The Bertz CT molecular complexity index is 2330. The molecule has 0 aliphatic rings. The van der Waals surface area contributed by atoms with Crippen molar-refractivity contribution in [1.82, 2.24) is 42.5 Å². The van der Waals surface area contributed by atoms with Gasteiger partial charge in [0, 0.05) is 32.6 Å². The Kier molecular flexibility index (Phi) is 35.5. The van der Waals surface area contributed by atoms with Gasteiger partial charge in [0.15, 0.2) is 29.7 Å². The highest BCUT2D eigenvalue weighted by Gasteiger charge is 2.42. The van der Waals surface area contributed by atoms with Gasteiger partial charge < -0.3 is 114 Å². The van der Waals surface area contributed by atoms with Crippen LogP contribution in [-0.2, 0) is 56.8 Å². The van der Waals surface area contributed by atoms with Gasteiger partial charge in [0.2, 0.25) is 53.2 Å². The van der Waals surface area contributed by atoms with Crippen LogP contribution in [0.15, 0.2) is 20.0 Å². The lowest BCUT2D eigenvalue weighted by Crippen LogP contribution is -2.60. The van der Waals surface area contributed by atoms with Crippen LogP contribution in [0.1, 0.15) is 120 Å². The van der Waals surface area contributed by atoms with Crippen molar-refractivity contribution in [1.29, 1.82) is 0 Å². The molecule has 0 aromatic heterocycles. The van der Waals surface area contributed by atoms with Gasteiger partial charge in [0.05, 0.1) is 18.2 Å². The number of aliphatic hydroxyl groups excluding tert-OH is 1. The molecule has 0 saturated carbocycles. The van der Waals surface area contributed by atoms with Crippen LogP contribution in [0, 0.1) is 5.92 Å². The number of carbonyl (C=O) groups excluding carboxylic acids is 9. The van der Waals surface area contributed by atoms with Crippen molar-refractivity contribution in [3.8, 4) is 0 Å². The summed E-state index contributed by atoms with van der Waals surface area (Å²) >= 11 is 0. The zero-order valence-corrected chi connectivity index (χ0v) is 50.4. The van der Waals surface area contributed by atoms with E-state index in [1.807, 2.05) is 0 Å². The van der Waals surface area contributed by atoms with Crippen molar-refractivity contribution in [2.75, 3.05) is 26.2 Å². The van der Waals surface area contributed by atoms with Crippen molar-refractivity contribution in [3.63, 3.8) is 0 Å². The average Bonchev–Trinajstić information content (AvgIpc) is 3.54. The second kappa shape index (κ2) is 39.0. The van der Waals surface area contributed by atoms with E-state index < -0.39 is 146 Å². The van der Waals surface area contributed by atoms with Gasteiger partial charge in [-0.15, -0.1) is 0 Å². The highest BCUT2D eigenvalue weighted by Crippen LogP contribution is 2.55. The maximum Gasteiger partial charge on any atom is 0.359 e. The first-order valence-corrected chi connectivity index (χ1v) is 29.0. The van der Waals surface area contributed by atoms with Crippen LogP contribution in [0.4, 0.5) is 0 Å². The summed E-state index contributed by atoms with van der Waals surface area (Å²) in [5.74, 6) is -11.6. The summed E-state index contributed by atoms with van der Waals surface area (Å²) in [6.45, 7) is 13.3. The molecule has 0 aromatic rings. The molecule has 0 bridgehead atoms. The number of hydrogen-bond acceptors (Lipinski definition) is 18. The monoisotopic (exact) mass is 1220 g/mol. The molecule has 0 fully saturated rings. The first kappa shape index (κ1) is 76.4. The molecule has 35 nitrogen and oxygen atoms in total. The van der Waals surface area contributed by atoms with Crippen LogP contribution in [0.5, 0.6) is 0 Å². The zero-order valence-electron chi connectivity index (χ0n) is 49.6. The smallest absolute Gasteiger partial charge is 0.359 e. The maximum atomic E-state index is 14.3. The fourth-order valence-electron chi connectivity index (χ4n) is 7.36. The molecule has 0 aliphatic carbocycles. The normalized spacial score (nSPS) is 14.9. The number of carbonyl (C=O) groups is 9. The first-order valence-electron chi connectivity index (χ1n) is 27.3. The van der Waals surface area contributed by atoms with Crippen LogP contribution < -0.4 is 99.9 Å². The third kappa shape index (κ3) is 31.7. The third-order valence-corrected chi connectivity index (χ3v) is 14.1. The Balaban J connectivity index is 6.89. The summed E-state index contributed by atoms with van der Waals surface area (Å²) < 4.78 is 25.0. The second-order valence-corrected chi connectivity index (χ2v) is 22.6. The summed E-state index contributed by atoms with van der Waals surface area (Å²) in [5.41, 5.74) is 55.1. The molecule has 1 unspecified atom stereocenters. The Labute approximate surface area is 489 Å². The van der Waals surface area contributed by atoms with Gasteiger partial charge in [-0.25, -0.2) is 0 Å². The lowest BCUT2D eigenvalue weighted by Gasteiger charge is -2.31. The fraction of sp³-hybridized carbons (Fsp3) is 0.729. The molecule has 0 radical (unpaired) electrons. The summed E-state index contributed by atoms with van der Waals surface area (Å²) in [5, 5.41) is 31.4. The molecule has 0 heterocycles. The molecule has 36 heteroatoms. The number of guanidine groups is 4. The maximum absolute atomic E-state index is 14.3. The highest BCUT2D eigenvalue weighted by atomic mass is 31.2. The van der Waals surface area contributed by atoms with Crippen molar-refractivity contribution in [3.05, 3.63) is 0 Å². The zero-order chi connectivity index (χ0) is 64.6. The average molecular weight is 1220 g/mol. The van der Waals surface area contributed by atoms with Crippen LogP contribution in [0.2, 0.25) is 0 Å². The van der Waals surface area contributed by atoms with E-state index >= 15 is 0 Å². The Hall–Kier alpha value is -7.62. The largest absolute Gasteiger partial charge is 0.380 e. The Morgan fingerprint density at radius 2 is 0.726 bits per heavy atom. The minimum absolute atomic E-state index is 0.00959. The van der Waals surface area contributed by atoms with E-state index in [0.717, 1.165) is 0 Å². The van der Waals surface area contributed by atoms with Gasteiger partial charge in [-0.1, -0.05) is 13.8 Å². The van der Waals surface area contributed by atoms with Gasteiger partial charge in [-0.2, -0.15) is 0 Å². The number of rotatable bonds is 41. The SMILES string of the molecule is CC(C)OP(=O)(OC(C)C)C(O)C[C@H](NC(=O)[C@H](C)NC(=O)[C@H](C)NC(=O)[C@H](CCCN=C(N)N)NC(=O)[C@H](CCCN=C(N)N)NC(=O)[C@H](CCCN=C(N)N)NC(=O)[C@@H](N)CCCN=C(N)N)C(=O)N[C@H](C(=O)N[C@@H](C)C(N)=O)C(C)C. The first-order chi connectivity index (χ1) is 39.0. The van der Waals surface area contributed by atoms with E-state index in [1.165, 1.54) is 48.5 Å². The van der Waals surface area contributed by atoms with Gasteiger partial charge in [-0.3, -0.25) is 67.7 Å². The lowest BCUT2D eigenvalue weighted by atomic mass is 10.0. The number of amides is 9. The van der Waals surface area contributed by atoms with E-state index in [1.54, 1.807) is 13.8 Å². The predicted molar refractivity (Wildman–Crippen MR) is 315 cm³/mol. The summed E-state index contributed by atoms with van der Waals surface area (Å²) in [4.78, 5) is 138. The van der Waals surface area contributed by atoms with Crippen LogP contribution in [-0.4, -0.2) is 181 Å². The third-order valence-electron chi connectivity index (χ3n) is 11.7. The van der Waals surface area contributed by atoms with E-state index in [0.29, 0.717) is 6.42 Å². The Morgan fingerprint density at radius 3 is 1.08 bits per heavy atom. The second-order valence-electron chi connectivity index (χ2n) is 20.5. The molecule has 0 spiro atoms.